The average molecular weight is 483 g/mol. The predicted molar refractivity (Wildman–Crippen MR) is 122 cm³/mol. The van der Waals surface area contributed by atoms with Gasteiger partial charge in [-0.1, -0.05) is 30.3 Å². The predicted octanol–water partition coefficient (Wildman–Crippen LogP) is -2.26. The van der Waals surface area contributed by atoms with E-state index in [0.717, 1.165) is 0 Å². The molecule has 12 nitrogen and oxygen atoms in total. The number of guanidine groups is 1. The highest BCUT2D eigenvalue weighted by Crippen LogP contribution is 2.05. The maximum Gasteiger partial charge on any atom is 0.272 e. The van der Waals surface area contributed by atoms with Gasteiger partial charge in [0.15, 0.2) is 12.0 Å². The third-order valence-corrected chi connectivity index (χ3v) is 6.17. The lowest BCUT2D eigenvalue weighted by molar-refractivity contribution is -0.132. The van der Waals surface area contributed by atoms with Crippen molar-refractivity contribution in [1.82, 2.24) is 10.6 Å². The molecule has 0 unspecified atom stereocenters. The molecule has 0 saturated heterocycles. The Morgan fingerprint density at radius 3 is 2.30 bits per heavy atom. The molecular weight excluding hydrogens is 452 g/mol. The van der Waals surface area contributed by atoms with Crippen molar-refractivity contribution in [1.29, 1.82) is 0 Å². The first-order valence-corrected chi connectivity index (χ1v) is 11.8. The van der Waals surface area contributed by atoms with E-state index in [9.17, 15) is 27.6 Å². The molecule has 0 aromatic heterocycles. The van der Waals surface area contributed by atoms with Crippen LogP contribution in [-0.2, 0) is 35.4 Å². The van der Waals surface area contributed by atoms with Crippen LogP contribution in [0, 0.1) is 0 Å². The number of aryl methyl sites for hydroxylation is 1. The number of carbonyl (C=O) groups is 4. The molecule has 3 atom stereocenters. The average Bonchev–Trinajstić information content (AvgIpc) is 2.78. The number of carbonyl (C=O) groups excluding carboxylic acids is 4. The molecule has 2 amide bonds. The van der Waals surface area contributed by atoms with Crippen molar-refractivity contribution >= 4 is 39.0 Å². The lowest BCUT2D eigenvalue weighted by Crippen LogP contribution is -2.55. The quantitative estimate of drug-likeness (QED) is 0.0672. The van der Waals surface area contributed by atoms with E-state index in [1.165, 1.54) is 6.92 Å². The number of nitrogens with two attached hydrogens (primary N) is 3. The number of sulfone groups is 1. The number of nitrogens with one attached hydrogen (secondary N) is 2. The van der Waals surface area contributed by atoms with Crippen molar-refractivity contribution in [3.05, 3.63) is 35.9 Å². The summed E-state index contributed by atoms with van der Waals surface area (Å²) in [6.45, 7) is 1.57. The number of aldehydes is 1. The normalized spacial score (nSPS) is 13.8. The number of rotatable bonds is 13. The Bertz CT molecular complexity index is 963. The van der Waals surface area contributed by atoms with Crippen molar-refractivity contribution in [3.8, 4) is 0 Å². The molecule has 13 heteroatoms. The maximum atomic E-state index is 12.3. The van der Waals surface area contributed by atoms with Crippen LogP contribution in [0.3, 0.4) is 0 Å². The number of hydrogen-bond acceptors (Lipinski definition) is 8. The summed E-state index contributed by atoms with van der Waals surface area (Å²) in [5.74, 6) is -2.44. The van der Waals surface area contributed by atoms with Crippen molar-refractivity contribution in [3.63, 3.8) is 0 Å². The van der Waals surface area contributed by atoms with Crippen LogP contribution in [0.2, 0.25) is 0 Å². The number of aliphatic imine (C=N–C) groups is 1. The second kappa shape index (κ2) is 13.3. The summed E-state index contributed by atoms with van der Waals surface area (Å²) in [6, 6.07) is 4.63. The molecule has 0 aliphatic carbocycles. The van der Waals surface area contributed by atoms with Gasteiger partial charge in [-0.15, -0.1) is 0 Å². The van der Waals surface area contributed by atoms with E-state index in [1.807, 2.05) is 0 Å². The zero-order valence-electron chi connectivity index (χ0n) is 18.3. The third-order valence-electron chi connectivity index (χ3n) is 4.56. The van der Waals surface area contributed by atoms with Crippen LogP contribution in [0.5, 0.6) is 0 Å². The SMILES string of the molecule is C[C@H](NC(=O)[C@H](N)C(=O)S(=O)(=O)CCc1ccccc1)C(=O)N[C@H](C=O)CCCN=C(N)N. The third kappa shape index (κ3) is 9.78. The smallest absolute Gasteiger partial charge is 0.272 e. The van der Waals surface area contributed by atoms with Crippen LogP contribution in [0.1, 0.15) is 25.3 Å². The van der Waals surface area contributed by atoms with Gasteiger partial charge >= 0.3 is 0 Å². The Hall–Kier alpha value is -3.32. The molecule has 1 aromatic carbocycles. The highest BCUT2D eigenvalue weighted by Gasteiger charge is 2.34. The molecular formula is C20H30N6O6S. The van der Waals surface area contributed by atoms with E-state index in [2.05, 4.69) is 15.6 Å². The molecule has 8 N–H and O–H groups in total. The summed E-state index contributed by atoms with van der Waals surface area (Å²) in [5, 5.41) is 3.17. The molecule has 0 heterocycles. The Morgan fingerprint density at radius 2 is 1.73 bits per heavy atom. The number of nitrogens with zero attached hydrogens (tertiary/aromatic N) is 1. The van der Waals surface area contributed by atoms with E-state index in [0.29, 0.717) is 18.3 Å². The fraction of sp³-hybridized carbons (Fsp3) is 0.450. The Morgan fingerprint density at radius 1 is 1.09 bits per heavy atom. The largest absolute Gasteiger partial charge is 0.370 e. The standard InChI is InChI=1S/C20H30N6O6S/c1-13(17(28)26-15(12-27)8-5-10-24-20(22)23)25-18(29)16(21)19(30)33(31,32)11-9-14-6-3-2-4-7-14/h2-4,6-7,12-13,15-16H,5,8-11,21H2,1H3,(H,25,29)(H,26,28)(H4,22,23,24)/t13-,15-,16-/m0/s1. The van der Waals surface area contributed by atoms with E-state index in [1.54, 1.807) is 30.3 Å². The zero-order valence-corrected chi connectivity index (χ0v) is 19.1. The zero-order chi connectivity index (χ0) is 25.0. The summed E-state index contributed by atoms with van der Waals surface area (Å²) >= 11 is 0. The van der Waals surface area contributed by atoms with E-state index >= 15 is 0 Å². The molecule has 0 bridgehead atoms. The molecule has 0 fully saturated rings. The summed E-state index contributed by atoms with van der Waals surface area (Å²) in [7, 11) is -4.30. The first kappa shape index (κ1) is 27.7. The number of benzene rings is 1. The molecule has 0 radical (unpaired) electrons. The van der Waals surface area contributed by atoms with Crippen molar-refractivity contribution < 1.29 is 27.6 Å². The van der Waals surface area contributed by atoms with Gasteiger partial charge in [0.1, 0.15) is 12.3 Å². The molecule has 33 heavy (non-hydrogen) atoms. The molecule has 0 aliphatic rings. The highest BCUT2D eigenvalue weighted by atomic mass is 32.2. The molecule has 1 aromatic rings. The van der Waals surface area contributed by atoms with Gasteiger partial charge in [0.2, 0.25) is 21.7 Å². The lowest BCUT2D eigenvalue weighted by atomic mass is 10.1. The topological polar surface area (TPSA) is 217 Å². The summed E-state index contributed by atoms with van der Waals surface area (Å²) in [6.07, 6.45) is 1.28. The van der Waals surface area contributed by atoms with Gasteiger partial charge in [0, 0.05) is 6.54 Å². The molecule has 182 valence electrons. The molecule has 1 rings (SSSR count). The molecule has 0 aliphatic heterocycles. The molecule has 0 saturated carbocycles. The Balaban J connectivity index is 2.59. The minimum Gasteiger partial charge on any atom is -0.370 e. The number of hydrogen-bond donors (Lipinski definition) is 5. The van der Waals surface area contributed by atoms with Crippen LogP contribution in [0.25, 0.3) is 0 Å². The van der Waals surface area contributed by atoms with Crippen LogP contribution in [0.4, 0.5) is 0 Å². The van der Waals surface area contributed by atoms with Gasteiger partial charge in [0.05, 0.1) is 11.8 Å². The van der Waals surface area contributed by atoms with E-state index in [-0.39, 0.29) is 25.3 Å². The second-order valence-electron chi connectivity index (χ2n) is 7.28. The van der Waals surface area contributed by atoms with Gasteiger partial charge in [-0.25, -0.2) is 8.42 Å². The monoisotopic (exact) mass is 482 g/mol. The molecule has 0 spiro atoms. The van der Waals surface area contributed by atoms with Gasteiger partial charge < -0.3 is 32.6 Å². The lowest BCUT2D eigenvalue weighted by Gasteiger charge is -2.19. The van der Waals surface area contributed by atoms with Gasteiger partial charge in [0.25, 0.3) is 5.12 Å². The van der Waals surface area contributed by atoms with Crippen molar-refractivity contribution in [2.75, 3.05) is 12.3 Å². The minimum atomic E-state index is -4.30. The van der Waals surface area contributed by atoms with Gasteiger partial charge in [-0.2, -0.15) is 0 Å². The summed E-state index contributed by atoms with van der Waals surface area (Å²) in [4.78, 5) is 51.7. The minimum absolute atomic E-state index is 0.0817. The van der Waals surface area contributed by atoms with Gasteiger partial charge in [-0.3, -0.25) is 19.4 Å². The Kier molecular flexibility index (Phi) is 11.2. The summed E-state index contributed by atoms with van der Waals surface area (Å²) < 4.78 is 24.5. The number of amides is 2. The maximum absolute atomic E-state index is 12.3. The van der Waals surface area contributed by atoms with Crippen LogP contribution >= 0.6 is 0 Å². The first-order chi connectivity index (χ1) is 15.5. The fourth-order valence-electron chi connectivity index (χ4n) is 2.67. The van der Waals surface area contributed by atoms with Crippen LogP contribution in [-0.4, -0.2) is 68.0 Å². The van der Waals surface area contributed by atoms with Crippen LogP contribution < -0.4 is 27.8 Å². The van der Waals surface area contributed by atoms with Gasteiger partial charge in [-0.05, 0) is 31.7 Å². The second-order valence-corrected chi connectivity index (χ2v) is 9.32. The first-order valence-electron chi connectivity index (χ1n) is 10.2. The van der Waals surface area contributed by atoms with E-state index in [4.69, 9.17) is 17.2 Å². The van der Waals surface area contributed by atoms with Crippen molar-refractivity contribution in [2.45, 2.75) is 44.3 Å². The summed E-state index contributed by atoms with van der Waals surface area (Å²) in [5.41, 5.74) is 16.6. The van der Waals surface area contributed by atoms with Crippen LogP contribution in [0.15, 0.2) is 35.3 Å². The van der Waals surface area contributed by atoms with Crippen molar-refractivity contribution in [2.24, 2.45) is 22.2 Å². The Labute approximate surface area is 192 Å². The van der Waals surface area contributed by atoms with E-state index < -0.39 is 50.6 Å². The highest BCUT2D eigenvalue weighted by molar-refractivity contribution is 8.06. The fourth-order valence-corrected chi connectivity index (χ4v) is 3.87.